The summed E-state index contributed by atoms with van der Waals surface area (Å²) in [6.45, 7) is 0.641. The third-order valence-electron chi connectivity index (χ3n) is 3.52. The highest BCUT2D eigenvalue weighted by atomic mass is 32.2. The Kier molecular flexibility index (Phi) is 6.68. The second kappa shape index (κ2) is 8.59. The van der Waals surface area contributed by atoms with Gasteiger partial charge in [-0.25, -0.2) is 16.8 Å². The smallest absolute Gasteiger partial charge is 0.261 e. The van der Waals surface area contributed by atoms with Crippen molar-refractivity contribution in [2.75, 3.05) is 38.4 Å². The Labute approximate surface area is 159 Å². The van der Waals surface area contributed by atoms with Crippen molar-refractivity contribution >= 4 is 25.5 Å². The molecule has 0 aliphatic heterocycles. The van der Waals surface area contributed by atoms with Crippen molar-refractivity contribution in [3.63, 3.8) is 0 Å². The summed E-state index contributed by atoms with van der Waals surface area (Å²) in [5.74, 6) is 0.814. The highest BCUT2D eigenvalue weighted by molar-refractivity contribution is 7.92. The molecule has 0 amide bonds. The molecule has 2 rings (SSSR count). The summed E-state index contributed by atoms with van der Waals surface area (Å²) in [5, 5.41) is 0. The standard InChI is InChI=1S/C17H21NO7S2/c1-23-10-11-25-17-12-13(4-9-16(17)24-2)18-27(21,22)15-7-5-14(6-8-15)26(3,19)20/h4-9,12,18H,10-11H2,1-3H3. The minimum atomic E-state index is -3.90. The van der Waals surface area contributed by atoms with Gasteiger partial charge in [-0.2, -0.15) is 0 Å². The predicted molar refractivity (Wildman–Crippen MR) is 101 cm³/mol. The van der Waals surface area contributed by atoms with Crippen molar-refractivity contribution in [2.45, 2.75) is 9.79 Å². The normalized spacial score (nSPS) is 11.8. The molecule has 0 radical (unpaired) electrons. The molecule has 0 atom stereocenters. The molecule has 10 heteroatoms. The van der Waals surface area contributed by atoms with Crippen LogP contribution < -0.4 is 14.2 Å². The first kappa shape index (κ1) is 21.0. The van der Waals surface area contributed by atoms with Crippen LogP contribution in [0.25, 0.3) is 0 Å². The summed E-state index contributed by atoms with van der Waals surface area (Å²) >= 11 is 0. The van der Waals surface area contributed by atoms with Gasteiger partial charge in [-0.05, 0) is 36.4 Å². The highest BCUT2D eigenvalue weighted by Crippen LogP contribution is 2.31. The zero-order valence-electron chi connectivity index (χ0n) is 15.1. The van der Waals surface area contributed by atoms with E-state index in [0.717, 1.165) is 6.26 Å². The lowest BCUT2D eigenvalue weighted by atomic mass is 10.3. The van der Waals surface area contributed by atoms with E-state index in [1.165, 1.54) is 43.5 Å². The first-order chi connectivity index (χ1) is 12.7. The molecule has 0 unspecified atom stereocenters. The first-order valence-corrected chi connectivity index (χ1v) is 11.2. The van der Waals surface area contributed by atoms with E-state index in [1.807, 2.05) is 0 Å². The topological polar surface area (TPSA) is 108 Å². The average Bonchev–Trinajstić information content (AvgIpc) is 2.61. The number of hydrogen-bond acceptors (Lipinski definition) is 7. The lowest BCUT2D eigenvalue weighted by Crippen LogP contribution is -2.13. The van der Waals surface area contributed by atoms with Gasteiger partial charge in [0.1, 0.15) is 6.61 Å². The summed E-state index contributed by atoms with van der Waals surface area (Å²) < 4.78 is 66.1. The maximum Gasteiger partial charge on any atom is 0.261 e. The number of anilines is 1. The van der Waals surface area contributed by atoms with Crippen molar-refractivity contribution in [1.82, 2.24) is 0 Å². The van der Waals surface area contributed by atoms with Gasteiger partial charge in [-0.15, -0.1) is 0 Å². The van der Waals surface area contributed by atoms with Gasteiger partial charge < -0.3 is 14.2 Å². The number of ether oxygens (including phenoxy) is 3. The SMILES string of the molecule is COCCOc1cc(NS(=O)(=O)c2ccc(S(C)(=O)=O)cc2)ccc1OC. The van der Waals surface area contributed by atoms with Crippen LogP contribution in [0.4, 0.5) is 5.69 Å². The Morgan fingerprint density at radius 2 is 1.48 bits per heavy atom. The molecule has 0 aliphatic rings. The van der Waals surface area contributed by atoms with Crippen molar-refractivity contribution in [3.8, 4) is 11.5 Å². The fourth-order valence-electron chi connectivity index (χ4n) is 2.17. The van der Waals surface area contributed by atoms with Gasteiger partial charge >= 0.3 is 0 Å². The number of rotatable bonds is 9. The molecule has 0 aliphatic carbocycles. The third kappa shape index (κ3) is 5.59. The zero-order valence-corrected chi connectivity index (χ0v) is 16.8. The van der Waals surface area contributed by atoms with Gasteiger partial charge in [0.2, 0.25) is 0 Å². The van der Waals surface area contributed by atoms with E-state index in [4.69, 9.17) is 14.2 Å². The summed E-state index contributed by atoms with van der Waals surface area (Å²) in [7, 11) is -4.29. The van der Waals surface area contributed by atoms with E-state index in [1.54, 1.807) is 13.2 Å². The quantitative estimate of drug-likeness (QED) is 0.623. The predicted octanol–water partition coefficient (Wildman–Crippen LogP) is 1.92. The monoisotopic (exact) mass is 415 g/mol. The second-order valence-corrected chi connectivity index (χ2v) is 9.25. The highest BCUT2D eigenvalue weighted by Gasteiger charge is 2.17. The van der Waals surface area contributed by atoms with E-state index in [9.17, 15) is 16.8 Å². The van der Waals surface area contributed by atoms with Crippen molar-refractivity contribution in [3.05, 3.63) is 42.5 Å². The van der Waals surface area contributed by atoms with Crippen LogP contribution in [0.2, 0.25) is 0 Å². The Balaban J connectivity index is 2.25. The third-order valence-corrected chi connectivity index (χ3v) is 6.05. The number of benzene rings is 2. The zero-order chi connectivity index (χ0) is 20.1. The fraction of sp³-hybridized carbons (Fsp3) is 0.294. The van der Waals surface area contributed by atoms with Crippen LogP contribution in [-0.2, 0) is 24.6 Å². The molecule has 0 aromatic heterocycles. The molecular weight excluding hydrogens is 394 g/mol. The van der Waals surface area contributed by atoms with Gasteiger partial charge in [0.25, 0.3) is 10.0 Å². The maximum absolute atomic E-state index is 12.5. The van der Waals surface area contributed by atoms with E-state index >= 15 is 0 Å². The Morgan fingerprint density at radius 3 is 2.04 bits per heavy atom. The summed E-state index contributed by atoms with van der Waals surface area (Å²) in [4.78, 5) is -0.0210. The molecule has 0 saturated heterocycles. The molecule has 2 aromatic rings. The van der Waals surface area contributed by atoms with Gasteiger partial charge in [-0.3, -0.25) is 4.72 Å². The van der Waals surface area contributed by atoms with Crippen molar-refractivity contribution < 1.29 is 31.0 Å². The lowest BCUT2D eigenvalue weighted by Gasteiger charge is -2.13. The molecule has 0 saturated carbocycles. The fourth-order valence-corrected chi connectivity index (χ4v) is 3.85. The molecule has 0 fully saturated rings. The van der Waals surface area contributed by atoms with Crippen LogP contribution in [0.3, 0.4) is 0 Å². The number of sulfone groups is 1. The Hall–Kier alpha value is -2.30. The van der Waals surface area contributed by atoms with Crippen LogP contribution in [0.5, 0.6) is 11.5 Å². The van der Waals surface area contributed by atoms with E-state index in [2.05, 4.69) is 4.72 Å². The van der Waals surface area contributed by atoms with E-state index < -0.39 is 19.9 Å². The Morgan fingerprint density at radius 1 is 0.852 bits per heavy atom. The van der Waals surface area contributed by atoms with E-state index in [0.29, 0.717) is 18.1 Å². The maximum atomic E-state index is 12.5. The molecule has 8 nitrogen and oxygen atoms in total. The number of sulfonamides is 1. The molecule has 148 valence electrons. The van der Waals surface area contributed by atoms with Crippen LogP contribution >= 0.6 is 0 Å². The molecule has 0 heterocycles. The molecule has 27 heavy (non-hydrogen) atoms. The largest absolute Gasteiger partial charge is 0.493 e. The van der Waals surface area contributed by atoms with Crippen LogP contribution in [0, 0.1) is 0 Å². The van der Waals surface area contributed by atoms with Gasteiger partial charge in [0, 0.05) is 19.4 Å². The average molecular weight is 415 g/mol. The minimum absolute atomic E-state index is 0.0414. The first-order valence-electron chi connectivity index (χ1n) is 7.80. The molecule has 0 spiro atoms. The number of hydrogen-bond donors (Lipinski definition) is 1. The molecule has 1 N–H and O–H groups in total. The second-order valence-electron chi connectivity index (χ2n) is 5.56. The van der Waals surface area contributed by atoms with Crippen LogP contribution in [0.1, 0.15) is 0 Å². The van der Waals surface area contributed by atoms with Crippen LogP contribution in [-0.4, -0.2) is 50.5 Å². The minimum Gasteiger partial charge on any atom is -0.493 e. The van der Waals surface area contributed by atoms with Crippen molar-refractivity contribution in [1.29, 1.82) is 0 Å². The van der Waals surface area contributed by atoms with Crippen LogP contribution in [0.15, 0.2) is 52.3 Å². The molecule has 2 aromatic carbocycles. The Bertz CT molecular complexity index is 984. The van der Waals surface area contributed by atoms with Gasteiger partial charge in [-0.1, -0.05) is 0 Å². The lowest BCUT2D eigenvalue weighted by molar-refractivity contribution is 0.144. The summed E-state index contributed by atoms with van der Waals surface area (Å²) in [6, 6.07) is 9.57. The molecule has 0 bridgehead atoms. The van der Waals surface area contributed by atoms with Crippen molar-refractivity contribution in [2.24, 2.45) is 0 Å². The van der Waals surface area contributed by atoms with Gasteiger partial charge in [0.15, 0.2) is 21.3 Å². The number of methoxy groups -OCH3 is 2. The summed E-state index contributed by atoms with van der Waals surface area (Å²) in [5.41, 5.74) is 0.274. The molecular formula is C17H21NO7S2. The summed E-state index contributed by atoms with van der Waals surface area (Å²) in [6.07, 6.45) is 1.05. The number of nitrogens with one attached hydrogen (secondary N) is 1. The van der Waals surface area contributed by atoms with E-state index in [-0.39, 0.29) is 22.1 Å². The van der Waals surface area contributed by atoms with Gasteiger partial charge in [0.05, 0.1) is 29.2 Å².